The van der Waals surface area contributed by atoms with Crippen LogP contribution in [0, 0.1) is 0 Å². The van der Waals surface area contributed by atoms with Crippen molar-refractivity contribution in [3.05, 3.63) is 29.3 Å². The Morgan fingerprint density at radius 2 is 1.94 bits per heavy atom. The molecule has 0 radical (unpaired) electrons. The molecule has 0 amide bonds. The molecule has 96 valence electrons. The van der Waals surface area contributed by atoms with Gasteiger partial charge in [0, 0.05) is 0 Å². The van der Waals surface area contributed by atoms with Gasteiger partial charge in [0.15, 0.2) is 0 Å². The normalized spacial score (nSPS) is 11.6. The van der Waals surface area contributed by atoms with E-state index < -0.39 is 11.7 Å². The summed E-state index contributed by atoms with van der Waals surface area (Å²) in [6.45, 7) is 0.543. The van der Waals surface area contributed by atoms with Gasteiger partial charge in [0.25, 0.3) is 0 Å². The number of aryl methyl sites for hydroxylation is 1. The number of hydrogen-bond acceptors (Lipinski definition) is 2. The zero-order chi connectivity index (χ0) is 12.9. The first-order valence-corrected chi connectivity index (χ1v) is 5.44. The first-order chi connectivity index (χ1) is 8.00. The maximum atomic E-state index is 12.7. The molecule has 0 aliphatic carbocycles. The first kappa shape index (κ1) is 13.8. The summed E-state index contributed by atoms with van der Waals surface area (Å²) in [7, 11) is 1.26. The van der Waals surface area contributed by atoms with E-state index in [9.17, 15) is 13.2 Å². The van der Waals surface area contributed by atoms with Crippen molar-refractivity contribution in [3.8, 4) is 5.75 Å². The second-order valence-electron chi connectivity index (χ2n) is 3.74. The van der Waals surface area contributed by atoms with Crippen LogP contribution in [0.25, 0.3) is 0 Å². The third kappa shape index (κ3) is 3.63. The molecule has 0 atom stereocenters. The molecule has 0 bridgehead atoms. The fourth-order valence-electron chi connectivity index (χ4n) is 1.71. The Kier molecular flexibility index (Phi) is 4.81. The molecule has 0 unspecified atom stereocenters. The van der Waals surface area contributed by atoms with E-state index in [1.165, 1.54) is 13.2 Å². The average molecular weight is 247 g/mol. The SMILES string of the molecule is COc1c(CCCCN)cccc1C(F)(F)F. The Labute approximate surface area is 98.6 Å². The number of unbranched alkanes of at least 4 members (excludes halogenated alkanes) is 1. The second kappa shape index (κ2) is 5.91. The summed E-state index contributed by atoms with van der Waals surface area (Å²) in [4.78, 5) is 0. The van der Waals surface area contributed by atoms with Gasteiger partial charge in [-0.2, -0.15) is 13.2 Å². The predicted molar refractivity (Wildman–Crippen MR) is 60.0 cm³/mol. The van der Waals surface area contributed by atoms with E-state index >= 15 is 0 Å². The zero-order valence-corrected chi connectivity index (χ0v) is 9.68. The van der Waals surface area contributed by atoms with Crippen LogP contribution < -0.4 is 10.5 Å². The number of halogens is 3. The minimum atomic E-state index is -4.38. The fraction of sp³-hybridized carbons (Fsp3) is 0.500. The van der Waals surface area contributed by atoms with E-state index in [2.05, 4.69) is 0 Å². The quantitative estimate of drug-likeness (QED) is 0.812. The van der Waals surface area contributed by atoms with Gasteiger partial charge in [-0.3, -0.25) is 0 Å². The Bertz CT molecular complexity index is 363. The summed E-state index contributed by atoms with van der Waals surface area (Å²) in [6, 6.07) is 4.10. The maximum Gasteiger partial charge on any atom is 0.419 e. The molecule has 0 saturated carbocycles. The Morgan fingerprint density at radius 1 is 1.24 bits per heavy atom. The van der Waals surface area contributed by atoms with E-state index in [0.29, 0.717) is 18.5 Å². The molecule has 1 aromatic carbocycles. The van der Waals surface area contributed by atoms with Crippen LogP contribution >= 0.6 is 0 Å². The largest absolute Gasteiger partial charge is 0.496 e. The molecule has 0 fully saturated rings. The number of ether oxygens (including phenoxy) is 1. The lowest BCUT2D eigenvalue weighted by Crippen LogP contribution is -2.09. The molecular formula is C12H16F3NO. The molecule has 2 N–H and O–H groups in total. The molecule has 0 aliphatic heterocycles. The van der Waals surface area contributed by atoms with Gasteiger partial charge < -0.3 is 10.5 Å². The van der Waals surface area contributed by atoms with Gasteiger partial charge in [-0.15, -0.1) is 0 Å². The number of rotatable bonds is 5. The summed E-state index contributed by atoms with van der Waals surface area (Å²) in [5.74, 6) is -0.0722. The molecule has 0 heterocycles. The van der Waals surface area contributed by atoms with Crippen molar-refractivity contribution in [2.75, 3.05) is 13.7 Å². The van der Waals surface area contributed by atoms with Crippen LogP contribution in [0.4, 0.5) is 13.2 Å². The Morgan fingerprint density at radius 3 is 2.47 bits per heavy atom. The highest BCUT2D eigenvalue weighted by atomic mass is 19.4. The van der Waals surface area contributed by atoms with E-state index in [-0.39, 0.29) is 5.75 Å². The van der Waals surface area contributed by atoms with Gasteiger partial charge >= 0.3 is 6.18 Å². The molecule has 1 aromatic rings. The molecule has 17 heavy (non-hydrogen) atoms. The van der Waals surface area contributed by atoms with Crippen molar-refractivity contribution >= 4 is 0 Å². The van der Waals surface area contributed by atoms with Crippen molar-refractivity contribution < 1.29 is 17.9 Å². The van der Waals surface area contributed by atoms with Gasteiger partial charge in [0.05, 0.1) is 12.7 Å². The molecule has 0 saturated heterocycles. The predicted octanol–water partition coefficient (Wildman–Crippen LogP) is 3.00. The summed E-state index contributed by atoms with van der Waals surface area (Å²) >= 11 is 0. The third-order valence-electron chi connectivity index (χ3n) is 2.51. The van der Waals surface area contributed by atoms with Gasteiger partial charge in [-0.1, -0.05) is 12.1 Å². The van der Waals surface area contributed by atoms with E-state index in [1.807, 2.05) is 0 Å². The number of alkyl halides is 3. The van der Waals surface area contributed by atoms with Crippen LogP contribution in [0.5, 0.6) is 5.75 Å². The molecule has 2 nitrogen and oxygen atoms in total. The monoisotopic (exact) mass is 247 g/mol. The van der Waals surface area contributed by atoms with Crippen molar-refractivity contribution in [1.29, 1.82) is 0 Å². The van der Waals surface area contributed by atoms with Crippen molar-refractivity contribution in [3.63, 3.8) is 0 Å². The van der Waals surface area contributed by atoms with Gasteiger partial charge in [0.2, 0.25) is 0 Å². The summed E-state index contributed by atoms with van der Waals surface area (Å²) < 4.78 is 43.0. The number of methoxy groups -OCH3 is 1. The van der Waals surface area contributed by atoms with E-state index in [0.717, 1.165) is 18.9 Å². The molecule has 0 spiro atoms. The van der Waals surface area contributed by atoms with Gasteiger partial charge in [0.1, 0.15) is 5.75 Å². The van der Waals surface area contributed by atoms with Crippen molar-refractivity contribution in [2.45, 2.75) is 25.4 Å². The van der Waals surface area contributed by atoms with Gasteiger partial charge in [-0.05, 0) is 37.4 Å². The van der Waals surface area contributed by atoms with Crippen LogP contribution in [0.15, 0.2) is 18.2 Å². The Hall–Kier alpha value is -1.23. The molecule has 5 heteroatoms. The van der Waals surface area contributed by atoms with Crippen LogP contribution in [0.3, 0.4) is 0 Å². The van der Waals surface area contributed by atoms with Crippen molar-refractivity contribution in [2.24, 2.45) is 5.73 Å². The molecule has 1 rings (SSSR count). The second-order valence-corrected chi connectivity index (χ2v) is 3.74. The highest BCUT2D eigenvalue weighted by Gasteiger charge is 2.34. The third-order valence-corrected chi connectivity index (χ3v) is 2.51. The van der Waals surface area contributed by atoms with Crippen LogP contribution in [-0.4, -0.2) is 13.7 Å². The fourth-order valence-corrected chi connectivity index (χ4v) is 1.71. The molecule has 0 aromatic heterocycles. The molecule has 0 aliphatic rings. The van der Waals surface area contributed by atoms with E-state index in [4.69, 9.17) is 10.5 Å². The Balaban J connectivity index is 2.98. The zero-order valence-electron chi connectivity index (χ0n) is 9.68. The number of hydrogen-bond donors (Lipinski definition) is 1. The summed E-state index contributed by atoms with van der Waals surface area (Å²) in [5, 5.41) is 0. The van der Waals surface area contributed by atoms with Gasteiger partial charge in [-0.25, -0.2) is 0 Å². The highest BCUT2D eigenvalue weighted by molar-refractivity contribution is 5.43. The first-order valence-electron chi connectivity index (χ1n) is 5.44. The number of benzene rings is 1. The average Bonchev–Trinajstić information content (AvgIpc) is 2.28. The van der Waals surface area contributed by atoms with Crippen LogP contribution in [0.2, 0.25) is 0 Å². The van der Waals surface area contributed by atoms with Crippen LogP contribution in [-0.2, 0) is 12.6 Å². The summed E-state index contributed by atoms with van der Waals surface area (Å²) in [5.41, 5.74) is 5.21. The van der Waals surface area contributed by atoms with Crippen molar-refractivity contribution in [1.82, 2.24) is 0 Å². The standard InChI is InChI=1S/C12H16F3NO/c1-17-11-9(5-2-3-8-16)6-4-7-10(11)12(13,14)15/h4,6-7H,2-3,5,8,16H2,1H3. The number of para-hydroxylation sites is 1. The minimum Gasteiger partial charge on any atom is -0.496 e. The van der Waals surface area contributed by atoms with Crippen LogP contribution in [0.1, 0.15) is 24.0 Å². The lowest BCUT2D eigenvalue weighted by Gasteiger charge is -2.15. The lowest BCUT2D eigenvalue weighted by molar-refractivity contribution is -0.138. The maximum absolute atomic E-state index is 12.7. The highest BCUT2D eigenvalue weighted by Crippen LogP contribution is 2.38. The number of nitrogens with two attached hydrogens (primary N) is 1. The minimum absolute atomic E-state index is 0.0722. The lowest BCUT2D eigenvalue weighted by atomic mass is 10.0. The smallest absolute Gasteiger partial charge is 0.419 e. The summed E-state index contributed by atoms with van der Waals surface area (Å²) in [6.07, 6.45) is -2.28. The topological polar surface area (TPSA) is 35.2 Å². The van der Waals surface area contributed by atoms with E-state index in [1.54, 1.807) is 6.07 Å². The molecular weight excluding hydrogens is 231 g/mol.